The summed E-state index contributed by atoms with van der Waals surface area (Å²) in [5, 5.41) is 3.27. The van der Waals surface area contributed by atoms with Crippen LogP contribution in [0, 0.1) is 5.95 Å². The van der Waals surface area contributed by atoms with Gasteiger partial charge in [-0.2, -0.15) is 4.39 Å². The van der Waals surface area contributed by atoms with Crippen molar-refractivity contribution in [1.29, 1.82) is 0 Å². The van der Waals surface area contributed by atoms with E-state index in [1.54, 1.807) is 0 Å². The molecule has 0 unspecified atom stereocenters. The number of hydrogen-bond donors (Lipinski definition) is 1. The number of nitrogens with zero attached hydrogens (tertiary/aromatic N) is 2. The lowest BCUT2D eigenvalue weighted by atomic mass is 10.2. The Morgan fingerprint density at radius 3 is 3.11 bits per heavy atom. The minimum atomic E-state index is -0.663. The molecule has 0 saturated heterocycles. The number of pyridine rings is 1. The van der Waals surface area contributed by atoms with E-state index in [4.69, 9.17) is 0 Å². The van der Waals surface area contributed by atoms with Gasteiger partial charge in [0.25, 0.3) is 5.91 Å². The second-order valence-electron chi connectivity index (χ2n) is 4.06. The highest BCUT2D eigenvalue weighted by Gasteiger charge is 2.18. The number of nitrogens with one attached hydrogen (secondary N) is 1. The normalized spacial score (nSPS) is 13.4. The van der Waals surface area contributed by atoms with Gasteiger partial charge in [0.1, 0.15) is 0 Å². The second-order valence-corrected chi connectivity index (χ2v) is 5.15. The summed E-state index contributed by atoms with van der Waals surface area (Å²) in [7, 11) is 0. The monoisotopic (exact) mass is 263 g/mol. The smallest absolute Gasteiger partial charge is 0.257 e. The molecule has 3 rings (SSSR count). The number of thiazole rings is 1. The zero-order chi connectivity index (χ0) is 12.5. The van der Waals surface area contributed by atoms with Gasteiger partial charge in [0.05, 0.1) is 5.69 Å². The second kappa shape index (κ2) is 4.45. The van der Waals surface area contributed by atoms with Crippen molar-refractivity contribution >= 4 is 22.4 Å². The Labute approximate surface area is 107 Å². The molecule has 0 aliphatic heterocycles. The summed E-state index contributed by atoms with van der Waals surface area (Å²) in [5.41, 5.74) is 1.33. The lowest BCUT2D eigenvalue weighted by Crippen LogP contribution is -2.12. The molecule has 0 saturated carbocycles. The summed E-state index contributed by atoms with van der Waals surface area (Å²) in [6.07, 6.45) is 4.42. The molecule has 18 heavy (non-hydrogen) atoms. The third kappa shape index (κ3) is 2.11. The summed E-state index contributed by atoms with van der Waals surface area (Å²) in [5.74, 6) is -1.02. The van der Waals surface area contributed by atoms with Gasteiger partial charge in [0, 0.05) is 22.7 Å². The van der Waals surface area contributed by atoms with Crippen LogP contribution in [0.25, 0.3) is 0 Å². The Balaban J connectivity index is 1.78. The fourth-order valence-electron chi connectivity index (χ4n) is 1.96. The molecule has 6 heteroatoms. The lowest BCUT2D eigenvalue weighted by Gasteiger charge is -2.01. The maximum atomic E-state index is 12.9. The SMILES string of the molecule is O=C(Nc1nc2c(s1)CCC2)c1ccnc(F)c1. The number of carbonyl (C=O) groups is 1. The van der Waals surface area contributed by atoms with Gasteiger partial charge in [-0.25, -0.2) is 9.97 Å². The van der Waals surface area contributed by atoms with Crippen LogP contribution in [-0.4, -0.2) is 15.9 Å². The molecule has 0 fully saturated rings. The van der Waals surface area contributed by atoms with Crippen molar-refractivity contribution in [2.75, 3.05) is 5.32 Å². The van der Waals surface area contributed by atoms with Gasteiger partial charge in [-0.05, 0) is 25.3 Å². The van der Waals surface area contributed by atoms with Crippen LogP contribution in [0.1, 0.15) is 27.3 Å². The van der Waals surface area contributed by atoms with E-state index in [9.17, 15) is 9.18 Å². The highest BCUT2D eigenvalue weighted by atomic mass is 32.1. The molecule has 0 aromatic carbocycles. The minimum Gasteiger partial charge on any atom is -0.298 e. The number of anilines is 1. The lowest BCUT2D eigenvalue weighted by molar-refractivity contribution is 0.102. The van der Waals surface area contributed by atoms with Gasteiger partial charge in [-0.15, -0.1) is 11.3 Å². The van der Waals surface area contributed by atoms with Crippen molar-refractivity contribution in [2.45, 2.75) is 19.3 Å². The molecule has 2 heterocycles. The largest absolute Gasteiger partial charge is 0.298 e. The number of aryl methyl sites for hydroxylation is 2. The van der Waals surface area contributed by atoms with Crippen LogP contribution >= 0.6 is 11.3 Å². The molecule has 0 radical (unpaired) electrons. The summed E-state index contributed by atoms with van der Waals surface area (Å²) in [4.78, 5) is 20.9. The maximum absolute atomic E-state index is 12.9. The Bertz CT molecular complexity index is 590. The molecule has 4 nitrogen and oxygen atoms in total. The van der Waals surface area contributed by atoms with Crippen LogP contribution in [0.3, 0.4) is 0 Å². The first-order chi connectivity index (χ1) is 8.72. The van der Waals surface area contributed by atoms with E-state index in [1.165, 1.54) is 28.5 Å². The Hall–Kier alpha value is -1.82. The highest BCUT2D eigenvalue weighted by Crippen LogP contribution is 2.30. The van der Waals surface area contributed by atoms with Crippen molar-refractivity contribution in [2.24, 2.45) is 0 Å². The quantitative estimate of drug-likeness (QED) is 0.846. The predicted molar refractivity (Wildman–Crippen MR) is 66.3 cm³/mol. The molecule has 1 N–H and O–H groups in total. The number of amides is 1. The van der Waals surface area contributed by atoms with Crippen LogP contribution in [0.4, 0.5) is 9.52 Å². The van der Waals surface area contributed by atoms with Crippen molar-refractivity contribution in [3.8, 4) is 0 Å². The van der Waals surface area contributed by atoms with Crippen molar-refractivity contribution in [1.82, 2.24) is 9.97 Å². The van der Waals surface area contributed by atoms with Crippen LogP contribution in [-0.2, 0) is 12.8 Å². The number of aromatic nitrogens is 2. The third-order valence-corrected chi connectivity index (χ3v) is 3.88. The van der Waals surface area contributed by atoms with Gasteiger partial charge in [0.2, 0.25) is 5.95 Å². The summed E-state index contributed by atoms with van der Waals surface area (Å²) < 4.78 is 12.9. The van der Waals surface area contributed by atoms with Gasteiger partial charge < -0.3 is 0 Å². The van der Waals surface area contributed by atoms with Gasteiger partial charge in [-0.3, -0.25) is 10.1 Å². The van der Waals surface area contributed by atoms with E-state index in [0.29, 0.717) is 5.13 Å². The number of rotatable bonds is 2. The molecule has 0 atom stereocenters. The van der Waals surface area contributed by atoms with Crippen molar-refractivity contribution < 1.29 is 9.18 Å². The van der Waals surface area contributed by atoms with Crippen LogP contribution in [0.5, 0.6) is 0 Å². The molecule has 0 bridgehead atoms. The van der Waals surface area contributed by atoms with Gasteiger partial charge >= 0.3 is 0 Å². The van der Waals surface area contributed by atoms with Gasteiger partial charge in [0.15, 0.2) is 5.13 Å². The molecular weight excluding hydrogens is 253 g/mol. The number of fused-ring (bicyclic) bond motifs is 1. The minimum absolute atomic E-state index is 0.248. The Morgan fingerprint density at radius 2 is 2.33 bits per heavy atom. The number of hydrogen-bond acceptors (Lipinski definition) is 4. The number of carbonyl (C=O) groups excluding carboxylic acids is 1. The van der Waals surface area contributed by atoms with E-state index < -0.39 is 5.95 Å². The van der Waals surface area contributed by atoms with E-state index >= 15 is 0 Å². The van der Waals surface area contributed by atoms with Crippen LogP contribution < -0.4 is 5.32 Å². The zero-order valence-corrected chi connectivity index (χ0v) is 10.3. The average Bonchev–Trinajstić information content (AvgIpc) is 2.89. The first-order valence-electron chi connectivity index (χ1n) is 5.64. The van der Waals surface area contributed by atoms with Crippen molar-refractivity contribution in [3.63, 3.8) is 0 Å². The fraction of sp³-hybridized carbons (Fsp3) is 0.250. The average molecular weight is 263 g/mol. The summed E-state index contributed by atoms with van der Waals surface area (Å²) >= 11 is 1.50. The topological polar surface area (TPSA) is 54.9 Å². The molecule has 1 aliphatic carbocycles. The predicted octanol–water partition coefficient (Wildman–Crippen LogP) is 2.42. The van der Waals surface area contributed by atoms with Gasteiger partial charge in [-0.1, -0.05) is 0 Å². The first kappa shape index (κ1) is 11.3. The molecule has 0 spiro atoms. The Kier molecular flexibility index (Phi) is 2.79. The summed E-state index contributed by atoms with van der Waals surface area (Å²) in [6.45, 7) is 0. The van der Waals surface area contributed by atoms with E-state index in [1.807, 2.05) is 0 Å². The van der Waals surface area contributed by atoms with E-state index in [0.717, 1.165) is 31.0 Å². The maximum Gasteiger partial charge on any atom is 0.257 e. The van der Waals surface area contributed by atoms with Crippen LogP contribution in [0.2, 0.25) is 0 Å². The standard InChI is InChI=1S/C12H10FN3OS/c13-10-6-7(4-5-14-10)11(17)16-12-15-8-2-1-3-9(8)18-12/h4-6H,1-3H2,(H,15,16,17). The fourth-order valence-corrected chi connectivity index (χ4v) is 3.00. The zero-order valence-electron chi connectivity index (χ0n) is 9.44. The van der Waals surface area contributed by atoms with Crippen molar-refractivity contribution in [3.05, 3.63) is 40.4 Å². The molecule has 2 aromatic heterocycles. The highest BCUT2D eigenvalue weighted by molar-refractivity contribution is 7.15. The Morgan fingerprint density at radius 1 is 1.44 bits per heavy atom. The first-order valence-corrected chi connectivity index (χ1v) is 6.45. The van der Waals surface area contributed by atoms with E-state index in [2.05, 4.69) is 15.3 Å². The van der Waals surface area contributed by atoms with Crippen LogP contribution in [0.15, 0.2) is 18.3 Å². The third-order valence-electron chi connectivity index (χ3n) is 2.80. The molecule has 1 amide bonds. The molecule has 2 aromatic rings. The molecular formula is C12H10FN3OS. The van der Waals surface area contributed by atoms with E-state index in [-0.39, 0.29) is 11.5 Å². The molecule has 1 aliphatic rings. The summed E-state index contributed by atoms with van der Waals surface area (Å²) in [6, 6.07) is 2.58. The molecule has 92 valence electrons. The number of halogens is 1.